The topological polar surface area (TPSA) is 58.4 Å². The van der Waals surface area contributed by atoms with Crippen LogP contribution in [0.25, 0.3) is 0 Å². The number of benzene rings is 1. The van der Waals surface area contributed by atoms with Gasteiger partial charge in [-0.15, -0.1) is 0 Å². The van der Waals surface area contributed by atoms with Crippen molar-refractivity contribution in [3.8, 4) is 0 Å². The molecule has 1 aliphatic carbocycles. The normalized spacial score (nSPS) is 15.4. The molecule has 0 aromatic heterocycles. The second kappa shape index (κ2) is 8.80. The van der Waals surface area contributed by atoms with E-state index in [1.165, 1.54) is 19.3 Å². The van der Waals surface area contributed by atoms with Crippen LogP contribution in [-0.2, 0) is 11.2 Å². The highest BCUT2D eigenvalue weighted by Gasteiger charge is 2.15. The van der Waals surface area contributed by atoms with Crippen LogP contribution < -0.4 is 16.0 Å². The van der Waals surface area contributed by atoms with E-state index in [1.54, 1.807) is 0 Å². The third-order valence-electron chi connectivity index (χ3n) is 4.81. The van der Waals surface area contributed by atoms with Crippen molar-refractivity contribution in [1.29, 1.82) is 0 Å². The Morgan fingerprint density at radius 2 is 1.91 bits per heavy atom. The molecule has 0 heterocycles. The number of carbonyl (C=O) groups excluding carboxylic acids is 1. The monoisotopic (exact) mass is 317 g/mol. The first-order valence-corrected chi connectivity index (χ1v) is 9.06. The van der Waals surface area contributed by atoms with Crippen molar-refractivity contribution in [2.45, 2.75) is 64.8 Å². The van der Waals surface area contributed by atoms with Gasteiger partial charge in [0.15, 0.2) is 0 Å². The Balaban J connectivity index is 1.85. The smallest absolute Gasteiger partial charge is 0.220 e. The van der Waals surface area contributed by atoms with Gasteiger partial charge in [-0.3, -0.25) is 4.79 Å². The molecule has 0 radical (unpaired) electrons. The molecule has 4 nitrogen and oxygen atoms in total. The van der Waals surface area contributed by atoms with Crippen LogP contribution in [0.15, 0.2) is 18.2 Å². The van der Waals surface area contributed by atoms with Crippen LogP contribution in [0.3, 0.4) is 0 Å². The molecule has 23 heavy (non-hydrogen) atoms. The minimum Gasteiger partial charge on any atom is -0.397 e. The van der Waals surface area contributed by atoms with E-state index in [0.29, 0.717) is 12.5 Å². The number of rotatable bonds is 7. The van der Waals surface area contributed by atoms with E-state index in [9.17, 15) is 4.79 Å². The number of nitrogens with two attached hydrogens (primary N) is 1. The average molecular weight is 317 g/mol. The fourth-order valence-electron chi connectivity index (χ4n) is 3.42. The van der Waals surface area contributed by atoms with Crippen molar-refractivity contribution in [3.05, 3.63) is 23.8 Å². The molecule has 2 rings (SSSR count). The molecule has 128 valence electrons. The van der Waals surface area contributed by atoms with Gasteiger partial charge in [0.1, 0.15) is 0 Å². The fourth-order valence-corrected chi connectivity index (χ4v) is 3.42. The number of amides is 1. The molecule has 1 fully saturated rings. The maximum Gasteiger partial charge on any atom is 0.220 e. The second-order valence-corrected chi connectivity index (χ2v) is 6.47. The number of anilines is 2. The largest absolute Gasteiger partial charge is 0.397 e. The van der Waals surface area contributed by atoms with Gasteiger partial charge >= 0.3 is 0 Å². The highest BCUT2D eigenvalue weighted by molar-refractivity contribution is 5.76. The molecule has 1 saturated carbocycles. The van der Waals surface area contributed by atoms with Gasteiger partial charge in [-0.05, 0) is 50.8 Å². The molecule has 0 saturated heterocycles. The lowest BCUT2D eigenvalue weighted by atomic mass is 9.95. The first kappa shape index (κ1) is 17.6. The van der Waals surface area contributed by atoms with Gasteiger partial charge in [0.25, 0.3) is 0 Å². The van der Waals surface area contributed by atoms with Crippen LogP contribution >= 0.6 is 0 Å². The summed E-state index contributed by atoms with van der Waals surface area (Å²) in [5.74, 6) is 0.170. The highest BCUT2D eigenvalue weighted by atomic mass is 16.1. The van der Waals surface area contributed by atoms with E-state index in [1.807, 2.05) is 6.07 Å². The van der Waals surface area contributed by atoms with E-state index in [4.69, 9.17) is 5.73 Å². The summed E-state index contributed by atoms with van der Waals surface area (Å²) in [5.41, 5.74) is 9.22. The SMILES string of the molecule is CCN(CC)c1ccc(CCC(=O)NC2CCCCC2)cc1N. The summed E-state index contributed by atoms with van der Waals surface area (Å²) in [5, 5.41) is 3.17. The van der Waals surface area contributed by atoms with Crippen molar-refractivity contribution < 1.29 is 4.79 Å². The molecule has 1 aliphatic rings. The summed E-state index contributed by atoms with van der Waals surface area (Å²) in [6, 6.07) is 6.59. The molecule has 0 aliphatic heterocycles. The van der Waals surface area contributed by atoms with Gasteiger partial charge in [-0.2, -0.15) is 0 Å². The standard InChI is InChI=1S/C19H31N3O/c1-3-22(4-2)18-12-10-15(14-17(18)20)11-13-19(23)21-16-8-6-5-7-9-16/h10,12,14,16H,3-9,11,13,20H2,1-2H3,(H,21,23). The number of hydrogen-bond acceptors (Lipinski definition) is 3. The number of aryl methyl sites for hydroxylation is 1. The quantitative estimate of drug-likeness (QED) is 0.757. The molecule has 0 unspecified atom stereocenters. The molecule has 3 N–H and O–H groups in total. The molecule has 1 amide bonds. The van der Waals surface area contributed by atoms with E-state index in [-0.39, 0.29) is 5.91 Å². The predicted octanol–water partition coefficient (Wildman–Crippen LogP) is 3.50. The van der Waals surface area contributed by atoms with Gasteiger partial charge < -0.3 is 16.0 Å². The molecule has 0 spiro atoms. The minimum atomic E-state index is 0.170. The summed E-state index contributed by atoms with van der Waals surface area (Å²) in [6.07, 6.45) is 7.36. The van der Waals surface area contributed by atoms with Gasteiger partial charge in [0, 0.05) is 25.6 Å². The Hall–Kier alpha value is -1.71. The minimum absolute atomic E-state index is 0.170. The zero-order valence-electron chi connectivity index (χ0n) is 14.6. The summed E-state index contributed by atoms with van der Waals surface area (Å²) in [4.78, 5) is 14.3. The third-order valence-corrected chi connectivity index (χ3v) is 4.81. The van der Waals surface area contributed by atoms with Gasteiger partial charge in [0.05, 0.1) is 11.4 Å². The Bertz CT molecular complexity index is 505. The van der Waals surface area contributed by atoms with Crippen LogP contribution in [0.5, 0.6) is 0 Å². The molecular formula is C19H31N3O. The van der Waals surface area contributed by atoms with E-state index in [2.05, 4.69) is 36.2 Å². The van der Waals surface area contributed by atoms with Gasteiger partial charge in [-0.1, -0.05) is 25.3 Å². The molecule has 0 atom stereocenters. The number of carbonyl (C=O) groups is 1. The summed E-state index contributed by atoms with van der Waals surface area (Å²) in [6.45, 7) is 6.16. The molecule has 4 heteroatoms. The molecular weight excluding hydrogens is 286 g/mol. The van der Waals surface area contributed by atoms with Gasteiger partial charge in [-0.25, -0.2) is 0 Å². The van der Waals surface area contributed by atoms with Crippen molar-refractivity contribution in [1.82, 2.24) is 5.32 Å². The Morgan fingerprint density at radius 3 is 2.52 bits per heavy atom. The van der Waals surface area contributed by atoms with E-state index < -0.39 is 0 Å². The molecule has 1 aromatic carbocycles. The number of nitrogen functional groups attached to an aromatic ring is 1. The number of hydrogen-bond donors (Lipinski definition) is 2. The Kier molecular flexibility index (Phi) is 6.75. The van der Waals surface area contributed by atoms with Gasteiger partial charge in [0.2, 0.25) is 5.91 Å². The lowest BCUT2D eigenvalue weighted by Crippen LogP contribution is -2.36. The van der Waals surface area contributed by atoms with Crippen LogP contribution in [0.4, 0.5) is 11.4 Å². The molecule has 0 bridgehead atoms. The molecule has 1 aromatic rings. The summed E-state index contributed by atoms with van der Waals surface area (Å²) in [7, 11) is 0. The highest BCUT2D eigenvalue weighted by Crippen LogP contribution is 2.25. The second-order valence-electron chi connectivity index (χ2n) is 6.47. The van der Waals surface area contributed by atoms with Crippen LogP contribution in [0.2, 0.25) is 0 Å². The van der Waals surface area contributed by atoms with Crippen LogP contribution in [0.1, 0.15) is 57.9 Å². The number of nitrogens with zero attached hydrogens (tertiary/aromatic N) is 1. The van der Waals surface area contributed by atoms with Crippen LogP contribution in [-0.4, -0.2) is 25.0 Å². The first-order valence-electron chi connectivity index (χ1n) is 9.06. The van der Waals surface area contributed by atoms with Crippen molar-refractivity contribution >= 4 is 17.3 Å². The number of nitrogens with one attached hydrogen (secondary N) is 1. The summed E-state index contributed by atoms with van der Waals surface area (Å²) < 4.78 is 0. The third kappa shape index (κ3) is 5.15. The van der Waals surface area contributed by atoms with Crippen molar-refractivity contribution in [2.75, 3.05) is 23.7 Å². The van der Waals surface area contributed by atoms with Crippen LogP contribution in [0, 0.1) is 0 Å². The first-order chi connectivity index (χ1) is 11.1. The van der Waals surface area contributed by atoms with E-state index >= 15 is 0 Å². The maximum atomic E-state index is 12.1. The average Bonchev–Trinajstić information content (AvgIpc) is 2.56. The Labute approximate surface area is 140 Å². The predicted molar refractivity (Wildman–Crippen MR) is 97.8 cm³/mol. The van der Waals surface area contributed by atoms with Crippen molar-refractivity contribution in [3.63, 3.8) is 0 Å². The Morgan fingerprint density at radius 1 is 1.22 bits per heavy atom. The zero-order valence-corrected chi connectivity index (χ0v) is 14.6. The van der Waals surface area contributed by atoms with Crippen molar-refractivity contribution in [2.24, 2.45) is 0 Å². The lowest BCUT2D eigenvalue weighted by molar-refractivity contribution is -0.121. The fraction of sp³-hybridized carbons (Fsp3) is 0.632. The zero-order chi connectivity index (χ0) is 16.7. The van der Waals surface area contributed by atoms with E-state index in [0.717, 1.165) is 49.3 Å². The summed E-state index contributed by atoms with van der Waals surface area (Å²) >= 11 is 0. The maximum absolute atomic E-state index is 12.1. The lowest BCUT2D eigenvalue weighted by Gasteiger charge is -2.23.